The summed E-state index contributed by atoms with van der Waals surface area (Å²) >= 11 is 9.80. The van der Waals surface area contributed by atoms with Crippen LogP contribution in [0.3, 0.4) is 0 Å². The fourth-order valence-electron chi connectivity index (χ4n) is 3.36. The van der Waals surface area contributed by atoms with Crippen molar-refractivity contribution in [3.63, 3.8) is 0 Å². The minimum atomic E-state index is -0.512. The summed E-state index contributed by atoms with van der Waals surface area (Å²) in [5, 5.41) is 13.7. The zero-order chi connectivity index (χ0) is 24.4. The Morgan fingerprint density at radius 2 is 1.97 bits per heavy atom. The first-order chi connectivity index (χ1) is 17.0. The lowest BCUT2D eigenvalue weighted by Crippen LogP contribution is -2.15. The van der Waals surface area contributed by atoms with Gasteiger partial charge < -0.3 is 4.98 Å². The number of benzene rings is 2. The standard InChI is InChI=1S/C23H15ClFN5O2S3/c24-14-7-4-8-15(25)19(14)22-29-30-23(35-22)28-17(31)11-33-10-16-26-20(32)18-13(9-34-21(18)27-16)12-5-2-1-3-6-12/h1-9H,10-11H2,(H,26,27,32)(H,28,30,31). The summed E-state index contributed by atoms with van der Waals surface area (Å²) in [4.78, 5) is 33.1. The van der Waals surface area contributed by atoms with Crippen LogP contribution in [0.1, 0.15) is 5.82 Å². The molecule has 0 radical (unpaired) electrons. The van der Waals surface area contributed by atoms with Gasteiger partial charge in [-0.05, 0) is 17.7 Å². The molecule has 0 unspecified atom stereocenters. The first-order valence-electron chi connectivity index (χ1n) is 10.2. The molecule has 12 heteroatoms. The van der Waals surface area contributed by atoms with Crippen LogP contribution in [0, 0.1) is 5.82 Å². The summed E-state index contributed by atoms with van der Waals surface area (Å²) < 4.78 is 14.1. The van der Waals surface area contributed by atoms with Gasteiger partial charge in [0.1, 0.15) is 16.5 Å². The number of anilines is 1. The van der Waals surface area contributed by atoms with Gasteiger partial charge in [0.2, 0.25) is 11.0 Å². The predicted molar refractivity (Wildman–Crippen MR) is 141 cm³/mol. The van der Waals surface area contributed by atoms with Gasteiger partial charge in [-0.25, -0.2) is 9.37 Å². The van der Waals surface area contributed by atoms with Gasteiger partial charge in [0.05, 0.1) is 27.5 Å². The molecular weight excluding hydrogens is 529 g/mol. The van der Waals surface area contributed by atoms with Crippen LogP contribution in [0.25, 0.3) is 31.9 Å². The average Bonchev–Trinajstić information content (AvgIpc) is 3.47. The van der Waals surface area contributed by atoms with E-state index in [4.69, 9.17) is 11.6 Å². The van der Waals surface area contributed by atoms with Gasteiger partial charge in [-0.15, -0.1) is 33.3 Å². The van der Waals surface area contributed by atoms with E-state index in [-0.39, 0.29) is 37.9 Å². The summed E-state index contributed by atoms with van der Waals surface area (Å²) in [7, 11) is 0. The van der Waals surface area contributed by atoms with E-state index in [2.05, 4.69) is 25.5 Å². The molecule has 5 rings (SSSR count). The fourth-order valence-corrected chi connectivity index (χ4v) is 6.15. The normalized spacial score (nSPS) is 11.1. The molecule has 35 heavy (non-hydrogen) atoms. The quantitative estimate of drug-likeness (QED) is 0.268. The highest BCUT2D eigenvalue weighted by atomic mass is 35.5. The Labute approximate surface area is 215 Å². The fraction of sp³-hybridized carbons (Fsp3) is 0.0870. The van der Waals surface area contributed by atoms with E-state index in [0.717, 1.165) is 22.5 Å². The molecule has 0 atom stereocenters. The molecule has 0 aliphatic heterocycles. The molecule has 0 saturated carbocycles. The Balaban J connectivity index is 1.21. The van der Waals surface area contributed by atoms with Gasteiger partial charge in [-0.1, -0.05) is 59.3 Å². The molecule has 0 saturated heterocycles. The Morgan fingerprint density at radius 3 is 2.77 bits per heavy atom. The molecule has 0 aliphatic carbocycles. The van der Waals surface area contributed by atoms with Crippen molar-refractivity contribution in [1.29, 1.82) is 0 Å². The largest absolute Gasteiger partial charge is 0.309 e. The number of fused-ring (bicyclic) bond motifs is 1. The van der Waals surface area contributed by atoms with Crippen molar-refractivity contribution >= 4 is 67.3 Å². The van der Waals surface area contributed by atoms with E-state index in [1.165, 1.54) is 35.2 Å². The number of nitrogens with one attached hydrogen (secondary N) is 2. The van der Waals surface area contributed by atoms with Crippen LogP contribution in [0.4, 0.5) is 9.52 Å². The molecule has 3 heterocycles. The van der Waals surface area contributed by atoms with Crippen molar-refractivity contribution in [2.45, 2.75) is 5.75 Å². The Bertz CT molecular complexity index is 1570. The average molecular weight is 544 g/mol. The van der Waals surface area contributed by atoms with Crippen molar-refractivity contribution in [3.05, 3.63) is 80.9 Å². The molecule has 0 spiro atoms. The molecule has 5 aromatic rings. The number of hydrogen-bond donors (Lipinski definition) is 2. The molecular formula is C23H15ClFN5O2S3. The molecule has 2 aromatic carbocycles. The zero-order valence-electron chi connectivity index (χ0n) is 17.7. The molecule has 176 valence electrons. The highest BCUT2D eigenvalue weighted by molar-refractivity contribution is 7.99. The van der Waals surface area contributed by atoms with E-state index in [0.29, 0.717) is 21.8 Å². The Kier molecular flexibility index (Phi) is 6.91. The van der Waals surface area contributed by atoms with E-state index >= 15 is 0 Å². The topological polar surface area (TPSA) is 101 Å². The maximum Gasteiger partial charge on any atom is 0.260 e. The monoisotopic (exact) mass is 543 g/mol. The van der Waals surface area contributed by atoms with Crippen molar-refractivity contribution in [2.24, 2.45) is 0 Å². The number of hydrogen-bond acceptors (Lipinski definition) is 8. The number of aromatic nitrogens is 4. The first-order valence-corrected chi connectivity index (χ1v) is 13.4. The van der Waals surface area contributed by atoms with E-state index in [9.17, 15) is 14.0 Å². The molecule has 0 aliphatic rings. The van der Waals surface area contributed by atoms with E-state index in [1.54, 1.807) is 6.07 Å². The van der Waals surface area contributed by atoms with Crippen LogP contribution in [0.2, 0.25) is 5.02 Å². The lowest BCUT2D eigenvalue weighted by atomic mass is 10.1. The van der Waals surface area contributed by atoms with Gasteiger partial charge in [0, 0.05) is 10.9 Å². The second-order valence-electron chi connectivity index (χ2n) is 7.26. The van der Waals surface area contributed by atoms with Gasteiger partial charge in [-0.3, -0.25) is 14.9 Å². The molecule has 1 amide bonds. The summed E-state index contributed by atoms with van der Waals surface area (Å²) in [6.07, 6.45) is 0. The van der Waals surface area contributed by atoms with Crippen LogP contribution < -0.4 is 10.9 Å². The van der Waals surface area contributed by atoms with E-state index < -0.39 is 5.82 Å². The lowest BCUT2D eigenvalue weighted by molar-refractivity contribution is -0.113. The number of nitrogens with zero attached hydrogens (tertiary/aromatic N) is 3. The minimum absolute atomic E-state index is 0.108. The number of aromatic amines is 1. The Hall–Kier alpha value is -3.12. The Morgan fingerprint density at radius 1 is 1.14 bits per heavy atom. The highest BCUT2D eigenvalue weighted by Gasteiger charge is 2.17. The van der Waals surface area contributed by atoms with Crippen molar-refractivity contribution < 1.29 is 9.18 Å². The van der Waals surface area contributed by atoms with Crippen LogP contribution in [0.15, 0.2) is 58.7 Å². The van der Waals surface area contributed by atoms with E-state index in [1.807, 2.05) is 35.7 Å². The SMILES string of the molecule is O=C(CSCc1nc2scc(-c3ccccc3)c2c(=O)[nH]1)Nc1nnc(-c2c(F)cccc2Cl)s1. The number of halogens is 2. The maximum atomic E-state index is 14.1. The van der Waals surface area contributed by atoms with Crippen molar-refractivity contribution in [3.8, 4) is 21.7 Å². The van der Waals surface area contributed by atoms with Crippen LogP contribution in [-0.4, -0.2) is 31.8 Å². The molecule has 0 fully saturated rings. The van der Waals surface area contributed by atoms with Gasteiger partial charge >= 0.3 is 0 Å². The summed E-state index contributed by atoms with van der Waals surface area (Å²) in [6, 6.07) is 14.0. The summed E-state index contributed by atoms with van der Waals surface area (Å²) in [5.74, 6) is 0.139. The molecule has 2 N–H and O–H groups in total. The molecule has 3 aromatic heterocycles. The number of amides is 1. The van der Waals surface area contributed by atoms with Gasteiger partial charge in [0.25, 0.3) is 5.56 Å². The number of carbonyl (C=O) groups is 1. The third-order valence-corrected chi connectivity index (χ3v) is 7.88. The van der Waals surface area contributed by atoms with Gasteiger partial charge in [-0.2, -0.15) is 0 Å². The number of H-pyrrole nitrogens is 1. The van der Waals surface area contributed by atoms with Crippen LogP contribution in [0.5, 0.6) is 0 Å². The zero-order valence-corrected chi connectivity index (χ0v) is 21.0. The molecule has 7 nitrogen and oxygen atoms in total. The van der Waals surface area contributed by atoms with Crippen molar-refractivity contribution in [1.82, 2.24) is 20.2 Å². The number of thioether (sulfide) groups is 1. The smallest absolute Gasteiger partial charge is 0.260 e. The lowest BCUT2D eigenvalue weighted by Gasteiger charge is -2.03. The van der Waals surface area contributed by atoms with Crippen LogP contribution >= 0.6 is 46.0 Å². The number of rotatable bonds is 7. The van der Waals surface area contributed by atoms with Crippen molar-refractivity contribution in [2.75, 3.05) is 11.1 Å². The minimum Gasteiger partial charge on any atom is -0.309 e. The highest BCUT2D eigenvalue weighted by Crippen LogP contribution is 2.34. The molecule has 0 bridgehead atoms. The summed E-state index contributed by atoms with van der Waals surface area (Å²) in [5.41, 5.74) is 1.76. The third kappa shape index (κ3) is 5.13. The van der Waals surface area contributed by atoms with Crippen LogP contribution in [-0.2, 0) is 10.5 Å². The number of carbonyl (C=O) groups excluding carboxylic acids is 1. The summed E-state index contributed by atoms with van der Waals surface area (Å²) in [6.45, 7) is 0. The maximum absolute atomic E-state index is 14.1. The first kappa shape index (κ1) is 23.6. The number of thiophene rings is 1. The second kappa shape index (κ2) is 10.2. The van der Waals surface area contributed by atoms with Gasteiger partial charge in [0.15, 0.2) is 5.01 Å². The predicted octanol–water partition coefficient (Wildman–Crippen LogP) is 5.83. The second-order valence-corrected chi connectivity index (χ2v) is 10.5. The third-order valence-electron chi connectivity index (χ3n) is 4.90.